The molecule has 0 aliphatic rings. The molecule has 0 atom stereocenters. The van der Waals surface area contributed by atoms with E-state index in [1.54, 1.807) is 18.2 Å². The molecule has 0 saturated carbocycles. The Hall–Kier alpha value is -1.33. The normalized spacial score (nSPS) is 10.4. The number of nitrogens with two attached hydrogens (primary N) is 1. The Morgan fingerprint density at radius 1 is 1.33 bits per heavy atom. The van der Waals surface area contributed by atoms with Gasteiger partial charge in [-0.05, 0) is 41.1 Å². The SMILES string of the molecule is COc1cc(N)ccc1C(=O)c1cc(Br)sc1C. The third-order valence-electron chi connectivity index (χ3n) is 2.60. The van der Waals surface area contributed by atoms with Gasteiger partial charge in [-0.3, -0.25) is 4.79 Å². The highest BCUT2D eigenvalue weighted by molar-refractivity contribution is 9.11. The Balaban J connectivity index is 2.49. The van der Waals surface area contributed by atoms with E-state index in [-0.39, 0.29) is 5.78 Å². The van der Waals surface area contributed by atoms with Crippen molar-refractivity contribution in [3.63, 3.8) is 0 Å². The third-order valence-corrected chi connectivity index (χ3v) is 4.16. The first kappa shape index (κ1) is 13.1. The standard InChI is InChI=1S/C13H12BrNO2S/c1-7-10(6-12(14)18-7)13(16)9-4-3-8(15)5-11(9)17-2/h3-6H,15H2,1-2H3. The van der Waals surface area contributed by atoms with E-state index in [1.165, 1.54) is 18.4 Å². The van der Waals surface area contributed by atoms with Crippen molar-refractivity contribution in [3.8, 4) is 5.75 Å². The molecule has 0 aliphatic carbocycles. The number of ketones is 1. The second-order valence-corrected chi connectivity index (χ2v) is 6.44. The van der Waals surface area contributed by atoms with Crippen LogP contribution in [0.1, 0.15) is 20.8 Å². The Kier molecular flexibility index (Phi) is 3.73. The minimum absolute atomic E-state index is 0.0497. The molecule has 0 aliphatic heterocycles. The zero-order valence-electron chi connectivity index (χ0n) is 9.99. The molecular formula is C13H12BrNO2S. The Bertz CT molecular complexity index is 607. The third kappa shape index (κ3) is 2.42. The molecule has 5 heteroatoms. The lowest BCUT2D eigenvalue weighted by Crippen LogP contribution is -2.04. The predicted octanol–water partition coefficient (Wildman–Crippen LogP) is 3.64. The minimum atomic E-state index is -0.0497. The molecule has 1 aromatic carbocycles. The van der Waals surface area contributed by atoms with Crippen LogP contribution in [-0.2, 0) is 0 Å². The number of aryl methyl sites for hydroxylation is 1. The van der Waals surface area contributed by atoms with E-state index < -0.39 is 0 Å². The monoisotopic (exact) mass is 325 g/mol. The summed E-state index contributed by atoms with van der Waals surface area (Å²) in [6.45, 7) is 1.92. The zero-order chi connectivity index (χ0) is 13.3. The molecule has 2 rings (SSSR count). The summed E-state index contributed by atoms with van der Waals surface area (Å²) in [5.74, 6) is 0.452. The zero-order valence-corrected chi connectivity index (χ0v) is 12.4. The summed E-state index contributed by atoms with van der Waals surface area (Å²) in [4.78, 5) is 13.4. The number of anilines is 1. The summed E-state index contributed by atoms with van der Waals surface area (Å²) < 4.78 is 6.15. The van der Waals surface area contributed by atoms with Crippen molar-refractivity contribution in [2.75, 3.05) is 12.8 Å². The predicted molar refractivity (Wildman–Crippen MR) is 77.6 cm³/mol. The average molecular weight is 326 g/mol. The van der Waals surface area contributed by atoms with Crippen molar-refractivity contribution < 1.29 is 9.53 Å². The fraction of sp³-hybridized carbons (Fsp3) is 0.154. The van der Waals surface area contributed by atoms with Gasteiger partial charge in [0.1, 0.15) is 5.75 Å². The van der Waals surface area contributed by atoms with Gasteiger partial charge >= 0.3 is 0 Å². The summed E-state index contributed by atoms with van der Waals surface area (Å²) >= 11 is 4.93. The van der Waals surface area contributed by atoms with Gasteiger partial charge in [0.15, 0.2) is 5.78 Å². The lowest BCUT2D eigenvalue weighted by atomic mass is 10.0. The molecule has 94 valence electrons. The minimum Gasteiger partial charge on any atom is -0.496 e. The van der Waals surface area contributed by atoms with E-state index in [2.05, 4.69) is 15.9 Å². The van der Waals surface area contributed by atoms with E-state index in [0.29, 0.717) is 22.6 Å². The van der Waals surface area contributed by atoms with E-state index in [0.717, 1.165) is 8.66 Å². The molecule has 18 heavy (non-hydrogen) atoms. The summed E-state index contributed by atoms with van der Waals surface area (Å²) in [7, 11) is 1.53. The van der Waals surface area contributed by atoms with Crippen LogP contribution in [0.2, 0.25) is 0 Å². The first-order chi connectivity index (χ1) is 8.52. The Labute approximate surface area is 118 Å². The number of ether oxygens (including phenoxy) is 1. The fourth-order valence-corrected chi connectivity index (χ4v) is 3.40. The van der Waals surface area contributed by atoms with Gasteiger partial charge in [0.2, 0.25) is 0 Å². The maximum atomic E-state index is 12.4. The number of hydrogen-bond acceptors (Lipinski definition) is 4. The second-order valence-electron chi connectivity index (χ2n) is 3.81. The van der Waals surface area contributed by atoms with Crippen molar-refractivity contribution in [3.05, 3.63) is 44.1 Å². The molecule has 2 aromatic rings. The largest absolute Gasteiger partial charge is 0.496 e. The highest BCUT2D eigenvalue weighted by atomic mass is 79.9. The molecule has 0 saturated heterocycles. The smallest absolute Gasteiger partial charge is 0.197 e. The van der Waals surface area contributed by atoms with Gasteiger partial charge in [0.05, 0.1) is 16.5 Å². The topological polar surface area (TPSA) is 52.3 Å². The van der Waals surface area contributed by atoms with Crippen LogP contribution in [0.15, 0.2) is 28.1 Å². The lowest BCUT2D eigenvalue weighted by Gasteiger charge is -2.08. The number of rotatable bonds is 3. The number of carbonyl (C=O) groups excluding carboxylic acids is 1. The molecule has 0 fully saturated rings. The Morgan fingerprint density at radius 2 is 2.06 bits per heavy atom. The number of benzene rings is 1. The molecule has 1 heterocycles. The van der Waals surface area contributed by atoms with Crippen LogP contribution in [0, 0.1) is 6.92 Å². The van der Waals surface area contributed by atoms with Crippen LogP contribution in [-0.4, -0.2) is 12.9 Å². The maximum absolute atomic E-state index is 12.4. The molecule has 2 N–H and O–H groups in total. The molecule has 0 unspecified atom stereocenters. The number of carbonyl (C=O) groups is 1. The van der Waals surface area contributed by atoms with Crippen LogP contribution in [0.25, 0.3) is 0 Å². The number of nitrogen functional groups attached to an aromatic ring is 1. The van der Waals surface area contributed by atoms with Crippen LogP contribution >= 0.6 is 27.3 Å². The first-order valence-corrected chi connectivity index (χ1v) is 6.88. The van der Waals surface area contributed by atoms with E-state index in [4.69, 9.17) is 10.5 Å². The van der Waals surface area contributed by atoms with E-state index in [9.17, 15) is 4.79 Å². The van der Waals surface area contributed by atoms with Crippen LogP contribution in [0.5, 0.6) is 5.75 Å². The molecular weight excluding hydrogens is 314 g/mol. The van der Waals surface area contributed by atoms with Gasteiger partial charge in [-0.15, -0.1) is 11.3 Å². The van der Waals surface area contributed by atoms with Crippen LogP contribution in [0.3, 0.4) is 0 Å². The van der Waals surface area contributed by atoms with E-state index in [1.807, 2.05) is 13.0 Å². The fourth-order valence-electron chi connectivity index (χ4n) is 1.71. The van der Waals surface area contributed by atoms with Gasteiger partial charge in [-0.25, -0.2) is 0 Å². The molecule has 3 nitrogen and oxygen atoms in total. The van der Waals surface area contributed by atoms with Gasteiger partial charge in [0.25, 0.3) is 0 Å². The lowest BCUT2D eigenvalue weighted by molar-refractivity contribution is 0.103. The second kappa shape index (κ2) is 5.12. The molecule has 0 amide bonds. The van der Waals surface area contributed by atoms with Crippen molar-refractivity contribution >= 4 is 38.7 Å². The number of thiophene rings is 1. The Morgan fingerprint density at radius 3 is 2.61 bits per heavy atom. The highest BCUT2D eigenvalue weighted by Crippen LogP contribution is 2.31. The van der Waals surface area contributed by atoms with Crippen molar-refractivity contribution in [2.24, 2.45) is 0 Å². The maximum Gasteiger partial charge on any atom is 0.197 e. The van der Waals surface area contributed by atoms with Crippen molar-refractivity contribution in [2.45, 2.75) is 6.92 Å². The van der Waals surface area contributed by atoms with Gasteiger partial charge in [0, 0.05) is 22.2 Å². The van der Waals surface area contributed by atoms with Gasteiger partial charge in [-0.2, -0.15) is 0 Å². The molecule has 0 bridgehead atoms. The number of halogens is 1. The number of methoxy groups -OCH3 is 1. The molecule has 0 radical (unpaired) electrons. The summed E-state index contributed by atoms with van der Waals surface area (Å²) in [5.41, 5.74) is 7.47. The number of hydrogen-bond donors (Lipinski definition) is 1. The highest BCUT2D eigenvalue weighted by Gasteiger charge is 2.18. The first-order valence-electron chi connectivity index (χ1n) is 5.27. The van der Waals surface area contributed by atoms with Gasteiger partial charge < -0.3 is 10.5 Å². The van der Waals surface area contributed by atoms with E-state index >= 15 is 0 Å². The quantitative estimate of drug-likeness (QED) is 0.692. The molecule has 1 aromatic heterocycles. The van der Waals surface area contributed by atoms with Crippen LogP contribution < -0.4 is 10.5 Å². The summed E-state index contributed by atoms with van der Waals surface area (Å²) in [6.07, 6.45) is 0. The van der Waals surface area contributed by atoms with Crippen LogP contribution in [0.4, 0.5) is 5.69 Å². The van der Waals surface area contributed by atoms with Crippen molar-refractivity contribution in [1.82, 2.24) is 0 Å². The summed E-state index contributed by atoms with van der Waals surface area (Å²) in [5, 5.41) is 0. The summed E-state index contributed by atoms with van der Waals surface area (Å²) in [6, 6.07) is 6.89. The molecule has 0 spiro atoms. The van der Waals surface area contributed by atoms with Gasteiger partial charge in [-0.1, -0.05) is 0 Å². The average Bonchev–Trinajstić information content (AvgIpc) is 2.67. The van der Waals surface area contributed by atoms with Crippen molar-refractivity contribution in [1.29, 1.82) is 0 Å².